The summed E-state index contributed by atoms with van der Waals surface area (Å²) in [7, 11) is 0. The van der Waals surface area contributed by atoms with E-state index in [9.17, 15) is 18.0 Å². The van der Waals surface area contributed by atoms with E-state index < -0.39 is 6.36 Å². The van der Waals surface area contributed by atoms with Crippen LogP contribution in [0, 0.1) is 0 Å². The highest BCUT2D eigenvalue weighted by molar-refractivity contribution is 5.61. The van der Waals surface area contributed by atoms with E-state index in [1.807, 2.05) is 0 Å². The van der Waals surface area contributed by atoms with Gasteiger partial charge in [-0.15, -0.1) is 13.2 Å². The normalized spacial score (nSPS) is 11.7. The van der Waals surface area contributed by atoms with Crippen LogP contribution in [0.15, 0.2) is 30.3 Å². The zero-order chi connectivity index (χ0) is 12.0. The van der Waals surface area contributed by atoms with E-state index in [1.54, 1.807) is 12.4 Å². The molecule has 1 aromatic carbocycles. The van der Waals surface area contributed by atoms with Crippen molar-refractivity contribution in [3.63, 3.8) is 0 Å². The summed E-state index contributed by atoms with van der Waals surface area (Å²) in [4.78, 5) is 9.92. The van der Waals surface area contributed by atoms with Crippen molar-refractivity contribution in [2.45, 2.75) is 12.8 Å². The van der Waals surface area contributed by atoms with E-state index in [-0.39, 0.29) is 17.7 Å². The van der Waals surface area contributed by atoms with Crippen LogP contribution in [0.3, 0.4) is 0 Å². The highest BCUT2D eigenvalue weighted by atomic mass is 19.4. The number of benzene rings is 1. The number of rotatable bonds is 4. The van der Waals surface area contributed by atoms with Crippen molar-refractivity contribution < 1.29 is 22.7 Å². The Morgan fingerprint density at radius 1 is 1.31 bits per heavy atom. The number of carbonyl (C=O) groups excluding carboxylic acids is 1. The molecule has 0 bridgehead atoms. The third-order valence-electron chi connectivity index (χ3n) is 1.64. The minimum Gasteiger partial charge on any atom is -0.405 e. The van der Waals surface area contributed by atoms with Crippen LogP contribution in [-0.2, 0) is 4.79 Å². The van der Waals surface area contributed by atoms with Crippen LogP contribution in [0.4, 0.5) is 13.2 Å². The molecular formula is C11H8F3O2. The summed E-state index contributed by atoms with van der Waals surface area (Å²) in [6.07, 6.45) is -0.298. The van der Waals surface area contributed by atoms with Crippen molar-refractivity contribution in [1.82, 2.24) is 0 Å². The Balaban J connectivity index is 2.87. The lowest BCUT2D eigenvalue weighted by Gasteiger charge is -2.10. The maximum atomic E-state index is 12.0. The molecule has 0 spiro atoms. The smallest absolute Gasteiger partial charge is 0.405 e. The lowest BCUT2D eigenvalue weighted by atomic mass is 10.2. The first-order valence-electron chi connectivity index (χ1n) is 4.39. The van der Waals surface area contributed by atoms with Crippen LogP contribution in [0.5, 0.6) is 5.75 Å². The van der Waals surface area contributed by atoms with Crippen LogP contribution in [0.1, 0.15) is 12.0 Å². The average Bonchev–Trinajstić information content (AvgIpc) is 2.19. The van der Waals surface area contributed by atoms with Crippen molar-refractivity contribution in [3.05, 3.63) is 35.9 Å². The predicted molar refractivity (Wildman–Crippen MR) is 52.5 cm³/mol. The highest BCUT2D eigenvalue weighted by Gasteiger charge is 2.31. The summed E-state index contributed by atoms with van der Waals surface area (Å²) < 4.78 is 39.8. The third-order valence-corrected chi connectivity index (χ3v) is 1.64. The molecule has 0 unspecified atom stereocenters. The number of hydrogen-bond donors (Lipinski definition) is 0. The molecule has 0 heterocycles. The lowest BCUT2D eigenvalue weighted by molar-refractivity contribution is -0.274. The molecular weight excluding hydrogens is 221 g/mol. The molecule has 0 fully saturated rings. The number of halogens is 3. The fourth-order valence-corrected chi connectivity index (χ4v) is 1.07. The number of para-hydroxylation sites is 1. The van der Waals surface area contributed by atoms with E-state index in [0.717, 1.165) is 0 Å². The van der Waals surface area contributed by atoms with Gasteiger partial charge in [0.15, 0.2) is 0 Å². The van der Waals surface area contributed by atoms with Gasteiger partial charge in [-0.25, -0.2) is 0 Å². The third kappa shape index (κ3) is 4.16. The average molecular weight is 229 g/mol. The molecule has 0 aliphatic carbocycles. The summed E-state index contributed by atoms with van der Waals surface area (Å²) in [5, 5.41) is 0. The summed E-state index contributed by atoms with van der Waals surface area (Å²) in [5.74, 6) is -0.294. The molecule has 0 N–H and O–H groups in total. The standard InChI is InChI=1S/C11H8F3O2/c12-11(13,14)16-10-7-2-1-5-9(10)6-3-4-8-15/h1-3,5-7H,4H2. The predicted octanol–water partition coefficient (Wildman–Crippen LogP) is 3.10. The molecule has 1 rings (SSSR count). The van der Waals surface area contributed by atoms with Gasteiger partial charge < -0.3 is 4.74 Å². The molecule has 0 atom stereocenters. The minimum absolute atomic E-state index is 0.0281. The lowest BCUT2D eigenvalue weighted by Crippen LogP contribution is -2.17. The molecule has 0 amide bonds. The van der Waals surface area contributed by atoms with Gasteiger partial charge in [0.2, 0.25) is 6.29 Å². The number of allylic oxidation sites excluding steroid dienone is 1. The Morgan fingerprint density at radius 2 is 2.00 bits per heavy atom. The molecule has 0 aliphatic rings. The highest BCUT2D eigenvalue weighted by Crippen LogP contribution is 2.26. The molecule has 0 aliphatic heterocycles. The maximum Gasteiger partial charge on any atom is 0.573 e. The zero-order valence-corrected chi connectivity index (χ0v) is 8.12. The van der Waals surface area contributed by atoms with Gasteiger partial charge in [0.25, 0.3) is 0 Å². The van der Waals surface area contributed by atoms with Gasteiger partial charge in [0.1, 0.15) is 5.75 Å². The van der Waals surface area contributed by atoms with E-state index in [1.165, 1.54) is 30.4 Å². The van der Waals surface area contributed by atoms with Crippen LogP contribution in [0.25, 0.3) is 6.08 Å². The van der Waals surface area contributed by atoms with Crippen LogP contribution >= 0.6 is 0 Å². The van der Waals surface area contributed by atoms with E-state index >= 15 is 0 Å². The number of ether oxygens (including phenoxy) is 1. The van der Waals surface area contributed by atoms with Gasteiger partial charge in [-0.3, -0.25) is 4.79 Å². The van der Waals surface area contributed by atoms with Crippen molar-refractivity contribution in [3.8, 4) is 5.75 Å². The van der Waals surface area contributed by atoms with Crippen molar-refractivity contribution in [1.29, 1.82) is 0 Å². The van der Waals surface area contributed by atoms with Gasteiger partial charge in [-0.2, -0.15) is 0 Å². The molecule has 1 aromatic rings. The van der Waals surface area contributed by atoms with E-state index in [4.69, 9.17) is 0 Å². The SMILES string of the molecule is O=[C]CC=Cc1ccccc1OC(F)(F)F. The molecule has 85 valence electrons. The van der Waals surface area contributed by atoms with Crippen LogP contribution in [0.2, 0.25) is 0 Å². The number of hydrogen-bond acceptors (Lipinski definition) is 2. The number of alkyl halides is 3. The molecule has 16 heavy (non-hydrogen) atoms. The summed E-state index contributed by atoms with van der Waals surface area (Å²) in [5.41, 5.74) is 0.259. The van der Waals surface area contributed by atoms with Gasteiger partial charge in [-0.1, -0.05) is 30.4 Å². The van der Waals surface area contributed by atoms with Gasteiger partial charge in [0.05, 0.1) is 0 Å². The summed E-state index contributed by atoms with van der Waals surface area (Å²) >= 11 is 0. The Bertz CT molecular complexity index is 383. The topological polar surface area (TPSA) is 26.3 Å². The second kappa shape index (κ2) is 5.34. The minimum atomic E-state index is -4.72. The Kier molecular flexibility index (Phi) is 4.10. The second-order valence-corrected chi connectivity index (χ2v) is 2.84. The summed E-state index contributed by atoms with van der Waals surface area (Å²) in [6, 6.07) is 5.68. The molecule has 0 saturated carbocycles. The first kappa shape index (κ1) is 12.3. The summed E-state index contributed by atoms with van der Waals surface area (Å²) in [6.45, 7) is 0. The zero-order valence-electron chi connectivity index (χ0n) is 8.12. The van der Waals surface area contributed by atoms with Crippen molar-refractivity contribution in [2.75, 3.05) is 0 Å². The van der Waals surface area contributed by atoms with Gasteiger partial charge in [0, 0.05) is 12.0 Å². The molecule has 0 aromatic heterocycles. The second-order valence-electron chi connectivity index (χ2n) is 2.84. The maximum absolute atomic E-state index is 12.0. The molecule has 2 nitrogen and oxygen atoms in total. The Hall–Kier alpha value is -1.78. The Labute approximate surface area is 90.3 Å². The van der Waals surface area contributed by atoms with Crippen molar-refractivity contribution >= 4 is 12.4 Å². The van der Waals surface area contributed by atoms with Gasteiger partial charge >= 0.3 is 6.36 Å². The van der Waals surface area contributed by atoms with E-state index in [2.05, 4.69) is 4.74 Å². The van der Waals surface area contributed by atoms with E-state index in [0.29, 0.717) is 0 Å². The van der Waals surface area contributed by atoms with Crippen LogP contribution in [-0.4, -0.2) is 12.6 Å². The monoisotopic (exact) mass is 229 g/mol. The largest absolute Gasteiger partial charge is 0.573 e. The van der Waals surface area contributed by atoms with Crippen LogP contribution < -0.4 is 4.74 Å². The van der Waals surface area contributed by atoms with Gasteiger partial charge in [-0.05, 0) is 6.07 Å². The first-order valence-corrected chi connectivity index (χ1v) is 4.39. The van der Waals surface area contributed by atoms with Crippen molar-refractivity contribution in [2.24, 2.45) is 0 Å². The first-order chi connectivity index (χ1) is 7.53. The Morgan fingerprint density at radius 3 is 2.62 bits per heavy atom. The fraction of sp³-hybridized carbons (Fsp3) is 0.182. The molecule has 0 saturated heterocycles. The quantitative estimate of drug-likeness (QED) is 0.792. The fourth-order valence-electron chi connectivity index (χ4n) is 1.07. The molecule has 5 heteroatoms. The molecule has 1 radical (unpaired) electrons.